The molecule has 3 nitrogen and oxygen atoms in total. The van der Waals surface area contributed by atoms with Crippen molar-refractivity contribution in [3.8, 4) is 0 Å². The van der Waals surface area contributed by atoms with Crippen molar-refractivity contribution >= 4 is 41.5 Å². The van der Waals surface area contributed by atoms with E-state index in [4.69, 9.17) is 0 Å². The van der Waals surface area contributed by atoms with Gasteiger partial charge < -0.3 is 4.74 Å². The third-order valence-electron chi connectivity index (χ3n) is 1.37. The fraction of sp³-hybridized carbons (Fsp3) is 0. The van der Waals surface area contributed by atoms with E-state index in [1.54, 1.807) is 30.3 Å². The average Bonchev–Trinajstić information content (AvgIpc) is 2.19. The van der Waals surface area contributed by atoms with E-state index < -0.39 is 11.9 Å². The van der Waals surface area contributed by atoms with Crippen LogP contribution in [0.4, 0.5) is 0 Å². The van der Waals surface area contributed by atoms with Gasteiger partial charge in [0.15, 0.2) is 0 Å². The molecular weight excluding hydrogens is 191 g/mol. The number of esters is 2. The molecule has 4 heteroatoms. The number of carbonyl (C=O) groups is 2. The van der Waals surface area contributed by atoms with Gasteiger partial charge in [0, 0.05) is 6.08 Å². The fourth-order valence-electron chi connectivity index (χ4n) is 0.766. The van der Waals surface area contributed by atoms with Crippen LogP contribution in [0.15, 0.2) is 43.0 Å². The van der Waals surface area contributed by atoms with Gasteiger partial charge in [-0.1, -0.05) is 24.8 Å². The molecule has 0 radical (unpaired) electrons. The summed E-state index contributed by atoms with van der Waals surface area (Å²) in [5, 5.41) is 0. The van der Waals surface area contributed by atoms with Crippen molar-refractivity contribution < 1.29 is 14.3 Å². The maximum absolute atomic E-state index is 11.1. The first kappa shape index (κ1) is 13.1. The second-order valence-corrected chi connectivity index (χ2v) is 2.28. The van der Waals surface area contributed by atoms with Crippen molar-refractivity contribution in [2.75, 3.05) is 0 Å². The molecule has 0 atom stereocenters. The van der Waals surface area contributed by atoms with E-state index in [0.29, 0.717) is 5.56 Å². The maximum atomic E-state index is 11.1. The zero-order chi connectivity index (χ0) is 9.68. The Bertz CT molecular complexity index is 332. The summed E-state index contributed by atoms with van der Waals surface area (Å²) in [7, 11) is 0. The van der Waals surface area contributed by atoms with Gasteiger partial charge in [0.25, 0.3) is 0 Å². The SMILES string of the molecule is C=CC(=O)OC(=O)c1ccccc1.[NaH]. The van der Waals surface area contributed by atoms with Gasteiger partial charge in [-0.25, -0.2) is 9.59 Å². The van der Waals surface area contributed by atoms with Gasteiger partial charge >= 0.3 is 41.5 Å². The van der Waals surface area contributed by atoms with Crippen LogP contribution in [0.5, 0.6) is 0 Å². The van der Waals surface area contributed by atoms with Crippen LogP contribution in [0.25, 0.3) is 0 Å². The van der Waals surface area contributed by atoms with Crippen molar-refractivity contribution in [1.82, 2.24) is 0 Å². The first-order valence-electron chi connectivity index (χ1n) is 3.67. The molecule has 0 aliphatic carbocycles. The molecule has 0 saturated heterocycles. The van der Waals surface area contributed by atoms with Gasteiger partial charge in [-0.2, -0.15) is 0 Å². The summed E-state index contributed by atoms with van der Waals surface area (Å²) in [4.78, 5) is 21.8. The molecule has 14 heavy (non-hydrogen) atoms. The molecule has 0 saturated carbocycles. The van der Waals surface area contributed by atoms with E-state index in [1.165, 1.54) is 0 Å². The van der Waals surface area contributed by atoms with E-state index in [1.807, 2.05) is 0 Å². The van der Waals surface area contributed by atoms with Gasteiger partial charge in [-0.3, -0.25) is 0 Å². The molecule has 0 bridgehead atoms. The summed E-state index contributed by atoms with van der Waals surface area (Å²) in [5.41, 5.74) is 0.345. The van der Waals surface area contributed by atoms with Crippen LogP contribution in [0.3, 0.4) is 0 Å². The molecule has 1 rings (SSSR count). The Morgan fingerprint density at radius 3 is 2.29 bits per heavy atom. The summed E-state index contributed by atoms with van der Waals surface area (Å²) in [5.74, 6) is -1.40. The molecule has 68 valence electrons. The number of ether oxygens (including phenoxy) is 1. The normalized spacial score (nSPS) is 8.29. The van der Waals surface area contributed by atoms with Gasteiger partial charge in [0.2, 0.25) is 0 Å². The summed E-state index contributed by atoms with van der Waals surface area (Å²) in [6, 6.07) is 8.29. The molecule has 0 spiro atoms. The third-order valence-corrected chi connectivity index (χ3v) is 1.37. The van der Waals surface area contributed by atoms with E-state index in [2.05, 4.69) is 11.3 Å². The molecule has 1 aromatic rings. The first-order valence-corrected chi connectivity index (χ1v) is 3.67. The number of rotatable bonds is 2. The topological polar surface area (TPSA) is 43.4 Å². The Hall–Kier alpha value is -0.900. The van der Waals surface area contributed by atoms with Crippen LogP contribution < -0.4 is 0 Å². The zero-order valence-electron chi connectivity index (χ0n) is 6.90. The van der Waals surface area contributed by atoms with Crippen molar-refractivity contribution in [3.05, 3.63) is 48.6 Å². The molecule has 0 amide bonds. The molecule has 0 N–H and O–H groups in total. The predicted molar refractivity (Wildman–Crippen MR) is 54.2 cm³/mol. The number of carbonyl (C=O) groups excluding carboxylic acids is 2. The number of hydrogen-bond acceptors (Lipinski definition) is 3. The Morgan fingerprint density at radius 1 is 1.21 bits per heavy atom. The molecule has 1 aromatic carbocycles. The van der Waals surface area contributed by atoms with Crippen LogP contribution in [0.1, 0.15) is 10.4 Å². The quantitative estimate of drug-likeness (QED) is 0.308. The van der Waals surface area contributed by atoms with Crippen molar-refractivity contribution in [1.29, 1.82) is 0 Å². The fourth-order valence-corrected chi connectivity index (χ4v) is 0.766. The van der Waals surface area contributed by atoms with Crippen LogP contribution in [0, 0.1) is 0 Å². The molecule has 0 aliphatic rings. The van der Waals surface area contributed by atoms with Gasteiger partial charge in [-0.15, -0.1) is 0 Å². The molecule has 0 unspecified atom stereocenters. The van der Waals surface area contributed by atoms with Crippen molar-refractivity contribution in [2.24, 2.45) is 0 Å². The van der Waals surface area contributed by atoms with Crippen LogP contribution >= 0.6 is 0 Å². The van der Waals surface area contributed by atoms with Crippen molar-refractivity contribution in [3.63, 3.8) is 0 Å². The number of hydrogen-bond donors (Lipinski definition) is 0. The molecule has 0 fully saturated rings. The first-order chi connectivity index (χ1) is 6.24. The average molecular weight is 200 g/mol. The second-order valence-electron chi connectivity index (χ2n) is 2.28. The van der Waals surface area contributed by atoms with Gasteiger partial charge in [0.1, 0.15) is 0 Å². The second kappa shape index (κ2) is 6.54. The molecular formula is C10H9NaO3. The van der Waals surface area contributed by atoms with E-state index in [-0.39, 0.29) is 29.6 Å². The monoisotopic (exact) mass is 200 g/mol. The number of benzene rings is 1. The summed E-state index contributed by atoms with van der Waals surface area (Å²) in [6.07, 6.45) is 0.945. The third kappa shape index (κ3) is 3.87. The summed E-state index contributed by atoms with van der Waals surface area (Å²) < 4.78 is 4.39. The minimum absolute atomic E-state index is 0. The minimum atomic E-state index is -0.742. The Labute approximate surface area is 104 Å². The Morgan fingerprint density at radius 2 is 1.79 bits per heavy atom. The Balaban J connectivity index is 0.00000169. The van der Waals surface area contributed by atoms with Crippen molar-refractivity contribution in [2.45, 2.75) is 0 Å². The standard InChI is InChI=1S/C10H8O3.Na.H/c1-2-9(11)13-10(12)8-6-4-3-5-7-8;;/h2-7H,1H2;;. The van der Waals surface area contributed by atoms with Gasteiger partial charge in [-0.05, 0) is 12.1 Å². The Kier molecular flexibility index (Phi) is 6.12. The molecule has 0 aromatic heterocycles. The summed E-state index contributed by atoms with van der Waals surface area (Å²) in [6.45, 7) is 3.18. The zero-order valence-corrected chi connectivity index (χ0v) is 6.90. The van der Waals surface area contributed by atoms with E-state index >= 15 is 0 Å². The van der Waals surface area contributed by atoms with Crippen LogP contribution in [-0.4, -0.2) is 41.5 Å². The molecule has 0 aliphatic heterocycles. The van der Waals surface area contributed by atoms with Gasteiger partial charge in [0.05, 0.1) is 5.56 Å². The van der Waals surface area contributed by atoms with E-state index in [0.717, 1.165) is 6.08 Å². The predicted octanol–water partition coefficient (Wildman–Crippen LogP) is 0.907. The molecule has 0 heterocycles. The van der Waals surface area contributed by atoms with E-state index in [9.17, 15) is 9.59 Å². The summed E-state index contributed by atoms with van der Waals surface area (Å²) >= 11 is 0. The van der Waals surface area contributed by atoms with Crippen LogP contribution in [0.2, 0.25) is 0 Å². The van der Waals surface area contributed by atoms with Crippen LogP contribution in [-0.2, 0) is 9.53 Å².